The first-order valence-electron chi connectivity index (χ1n) is 7.74. The van der Waals surface area contributed by atoms with E-state index in [1.54, 1.807) is 32.0 Å². The molecular formula is C18H17ClN4O2S. The summed E-state index contributed by atoms with van der Waals surface area (Å²) < 4.78 is 0. The molecule has 2 rings (SSSR count). The third kappa shape index (κ3) is 4.01. The second-order valence-corrected chi connectivity index (χ2v) is 7.81. The Morgan fingerprint density at radius 2 is 2.12 bits per heavy atom. The van der Waals surface area contributed by atoms with Crippen LogP contribution in [0, 0.1) is 40.9 Å². The number of thioether (sulfide) groups is 1. The zero-order valence-corrected chi connectivity index (χ0v) is 16.1. The average molecular weight is 389 g/mol. The van der Waals surface area contributed by atoms with Gasteiger partial charge in [0.25, 0.3) is 0 Å². The lowest BCUT2D eigenvalue weighted by Gasteiger charge is -2.34. The fourth-order valence-corrected chi connectivity index (χ4v) is 3.73. The largest absolute Gasteiger partial charge is 0.325 e. The molecule has 1 aliphatic rings. The van der Waals surface area contributed by atoms with Gasteiger partial charge in [-0.1, -0.05) is 43.3 Å². The Hall–Kier alpha value is -2.48. The molecule has 26 heavy (non-hydrogen) atoms. The molecule has 0 bridgehead atoms. The van der Waals surface area contributed by atoms with E-state index in [2.05, 4.69) is 16.7 Å². The van der Waals surface area contributed by atoms with Crippen LogP contribution in [0.1, 0.15) is 19.4 Å². The predicted octanol–water partition coefficient (Wildman–Crippen LogP) is 3.35. The summed E-state index contributed by atoms with van der Waals surface area (Å²) >= 11 is 6.99. The molecular weight excluding hydrogens is 372 g/mol. The van der Waals surface area contributed by atoms with Gasteiger partial charge in [-0.05, 0) is 24.6 Å². The van der Waals surface area contributed by atoms with Crippen LogP contribution in [0.2, 0.25) is 5.02 Å². The number of nitrogens with one attached hydrogen (secondary N) is 2. The van der Waals surface area contributed by atoms with E-state index in [-0.39, 0.29) is 11.7 Å². The molecule has 6 nitrogen and oxygen atoms in total. The van der Waals surface area contributed by atoms with Gasteiger partial charge < -0.3 is 10.6 Å². The standard InChI is InChI=1S/C18H17ClN4O2S/c1-10-4-5-11(19)6-14(10)22-15(24)9-26-17-13(8-21)18(2,3)12(7-20)16(25)23-17/h4-6,12H,9H2,1-3H3,(H,22,24)(H,23,25)/t12-/m0/s1. The fourth-order valence-electron chi connectivity index (χ4n) is 2.59. The van der Waals surface area contributed by atoms with Gasteiger partial charge >= 0.3 is 0 Å². The zero-order chi connectivity index (χ0) is 19.5. The van der Waals surface area contributed by atoms with E-state index in [1.807, 2.05) is 13.0 Å². The van der Waals surface area contributed by atoms with Crippen molar-refractivity contribution in [3.63, 3.8) is 0 Å². The molecule has 1 heterocycles. The van der Waals surface area contributed by atoms with Crippen LogP contribution in [0.15, 0.2) is 28.8 Å². The Morgan fingerprint density at radius 1 is 1.42 bits per heavy atom. The SMILES string of the molecule is Cc1ccc(Cl)cc1NC(=O)CSC1=C(C#N)C(C)(C)[C@@H](C#N)C(=O)N1. The molecule has 1 aromatic rings. The second kappa shape index (κ2) is 7.82. The fraction of sp³-hybridized carbons (Fsp3) is 0.333. The van der Waals surface area contributed by atoms with Crippen molar-refractivity contribution in [3.8, 4) is 12.1 Å². The summed E-state index contributed by atoms with van der Waals surface area (Å²) in [5.41, 5.74) is 0.845. The molecule has 0 aromatic heterocycles. The van der Waals surface area contributed by atoms with Crippen LogP contribution < -0.4 is 10.6 Å². The van der Waals surface area contributed by atoms with Crippen molar-refractivity contribution >= 4 is 40.9 Å². The van der Waals surface area contributed by atoms with Gasteiger partial charge in [-0.25, -0.2) is 0 Å². The first kappa shape index (κ1) is 19.8. The Balaban J connectivity index is 2.15. The maximum atomic E-state index is 12.2. The van der Waals surface area contributed by atoms with E-state index in [0.717, 1.165) is 17.3 Å². The minimum Gasteiger partial charge on any atom is -0.325 e. The number of amides is 2. The highest BCUT2D eigenvalue weighted by molar-refractivity contribution is 8.03. The normalized spacial score (nSPS) is 18.5. The summed E-state index contributed by atoms with van der Waals surface area (Å²) in [5, 5.41) is 24.8. The van der Waals surface area contributed by atoms with Crippen LogP contribution in [0.25, 0.3) is 0 Å². The Kier molecular flexibility index (Phi) is 5.97. The molecule has 0 saturated heterocycles. The van der Waals surface area contributed by atoms with Crippen molar-refractivity contribution in [3.05, 3.63) is 39.4 Å². The number of aryl methyl sites for hydroxylation is 1. The Bertz CT molecular complexity index is 880. The van der Waals surface area contributed by atoms with Crippen LogP contribution in [0.5, 0.6) is 0 Å². The van der Waals surface area contributed by atoms with Crippen molar-refractivity contribution in [1.29, 1.82) is 10.5 Å². The number of halogens is 1. The van der Waals surface area contributed by atoms with Crippen LogP contribution in [0.3, 0.4) is 0 Å². The smallest absolute Gasteiger partial charge is 0.243 e. The van der Waals surface area contributed by atoms with Crippen molar-refractivity contribution in [2.24, 2.45) is 11.3 Å². The number of carbonyl (C=O) groups is 2. The molecule has 0 unspecified atom stereocenters. The van der Waals surface area contributed by atoms with Crippen LogP contribution in [-0.4, -0.2) is 17.6 Å². The summed E-state index contributed by atoms with van der Waals surface area (Å²) in [6.07, 6.45) is 0. The van der Waals surface area contributed by atoms with Crippen LogP contribution in [0.4, 0.5) is 5.69 Å². The van der Waals surface area contributed by atoms with E-state index in [4.69, 9.17) is 11.6 Å². The van der Waals surface area contributed by atoms with Gasteiger partial charge in [0.1, 0.15) is 5.92 Å². The summed E-state index contributed by atoms with van der Waals surface area (Å²) in [6.45, 7) is 5.20. The maximum absolute atomic E-state index is 12.2. The van der Waals surface area contributed by atoms with E-state index in [1.165, 1.54) is 0 Å². The predicted molar refractivity (Wildman–Crippen MR) is 101 cm³/mol. The van der Waals surface area contributed by atoms with Gasteiger partial charge in [0.05, 0.1) is 28.5 Å². The van der Waals surface area contributed by atoms with Crippen LogP contribution >= 0.6 is 23.4 Å². The molecule has 0 aliphatic carbocycles. The van der Waals surface area contributed by atoms with E-state index >= 15 is 0 Å². The number of benzene rings is 1. The highest BCUT2D eigenvalue weighted by atomic mass is 35.5. The lowest BCUT2D eigenvalue weighted by molar-refractivity contribution is -0.125. The average Bonchev–Trinajstić information content (AvgIpc) is 2.55. The molecule has 1 aromatic carbocycles. The van der Waals surface area contributed by atoms with Gasteiger partial charge in [0, 0.05) is 16.1 Å². The van der Waals surface area contributed by atoms with Gasteiger partial charge in [-0.2, -0.15) is 10.5 Å². The Morgan fingerprint density at radius 3 is 2.73 bits per heavy atom. The molecule has 0 spiro atoms. The zero-order valence-electron chi connectivity index (χ0n) is 14.5. The van der Waals surface area contributed by atoms with Gasteiger partial charge in [-0.3, -0.25) is 9.59 Å². The molecule has 2 amide bonds. The number of allylic oxidation sites excluding steroid dienone is 1. The number of nitrogens with zero attached hydrogens (tertiary/aromatic N) is 2. The number of anilines is 1. The summed E-state index contributed by atoms with van der Waals surface area (Å²) in [7, 11) is 0. The van der Waals surface area contributed by atoms with Gasteiger partial charge in [0.15, 0.2) is 0 Å². The number of carbonyl (C=O) groups excluding carboxylic acids is 2. The Labute approximate surface area is 161 Å². The van der Waals surface area contributed by atoms with Crippen molar-refractivity contribution < 1.29 is 9.59 Å². The first-order valence-corrected chi connectivity index (χ1v) is 9.11. The summed E-state index contributed by atoms with van der Waals surface area (Å²) in [6, 6.07) is 9.19. The number of nitriles is 2. The van der Waals surface area contributed by atoms with Crippen LogP contribution in [-0.2, 0) is 9.59 Å². The third-order valence-electron chi connectivity index (χ3n) is 4.15. The molecule has 1 aliphatic heterocycles. The minimum atomic E-state index is -0.954. The van der Waals surface area contributed by atoms with E-state index < -0.39 is 17.2 Å². The summed E-state index contributed by atoms with van der Waals surface area (Å²) in [5.74, 6) is -1.71. The first-order chi connectivity index (χ1) is 12.2. The molecule has 1 atom stereocenters. The highest BCUT2D eigenvalue weighted by Crippen LogP contribution is 2.41. The molecule has 8 heteroatoms. The van der Waals surface area contributed by atoms with Gasteiger partial charge in [-0.15, -0.1) is 0 Å². The van der Waals surface area contributed by atoms with E-state index in [9.17, 15) is 20.1 Å². The number of rotatable bonds is 4. The van der Waals surface area contributed by atoms with Crippen molar-refractivity contribution in [2.75, 3.05) is 11.1 Å². The lowest BCUT2D eigenvalue weighted by atomic mass is 9.72. The van der Waals surface area contributed by atoms with E-state index in [0.29, 0.717) is 21.3 Å². The summed E-state index contributed by atoms with van der Waals surface area (Å²) in [4.78, 5) is 24.4. The number of hydrogen-bond donors (Lipinski definition) is 2. The topological polar surface area (TPSA) is 106 Å². The molecule has 0 fully saturated rings. The quantitative estimate of drug-likeness (QED) is 0.822. The maximum Gasteiger partial charge on any atom is 0.243 e. The second-order valence-electron chi connectivity index (χ2n) is 6.39. The minimum absolute atomic E-state index is 0.0000465. The third-order valence-corrected chi connectivity index (χ3v) is 5.39. The monoisotopic (exact) mass is 388 g/mol. The molecule has 0 radical (unpaired) electrons. The number of hydrogen-bond acceptors (Lipinski definition) is 5. The van der Waals surface area contributed by atoms with Crippen molar-refractivity contribution in [1.82, 2.24) is 5.32 Å². The molecule has 134 valence electrons. The van der Waals surface area contributed by atoms with Gasteiger partial charge in [0.2, 0.25) is 11.8 Å². The molecule has 0 saturated carbocycles. The molecule has 2 N–H and O–H groups in total. The lowest BCUT2D eigenvalue weighted by Crippen LogP contribution is -2.44. The van der Waals surface area contributed by atoms with Crippen molar-refractivity contribution in [2.45, 2.75) is 20.8 Å². The highest BCUT2D eigenvalue weighted by Gasteiger charge is 2.44.